The van der Waals surface area contributed by atoms with E-state index in [0.29, 0.717) is 50.7 Å². The number of carbonyl (C=O) groups excluding carboxylic acids is 2. The molecule has 0 aliphatic carbocycles. The molecule has 1 aromatic heterocycles. The molecule has 1 aromatic rings. The fourth-order valence-corrected chi connectivity index (χ4v) is 2.81. The molecule has 1 aliphatic heterocycles. The van der Waals surface area contributed by atoms with Crippen LogP contribution in [0.2, 0.25) is 0 Å². The molecule has 1 saturated heterocycles. The Kier molecular flexibility index (Phi) is 6.75. The molecule has 1 atom stereocenters. The highest BCUT2D eigenvalue weighted by Gasteiger charge is 2.29. The maximum Gasteiger partial charge on any atom is 0.310 e. The summed E-state index contributed by atoms with van der Waals surface area (Å²) in [5.74, 6) is 1.21. The Morgan fingerprint density at radius 1 is 1.42 bits per heavy atom. The number of aryl methyl sites for hydroxylation is 1. The van der Waals surface area contributed by atoms with E-state index in [9.17, 15) is 9.59 Å². The van der Waals surface area contributed by atoms with Crippen molar-refractivity contribution in [2.45, 2.75) is 58.8 Å². The highest BCUT2D eigenvalue weighted by atomic mass is 16.5. The third kappa shape index (κ3) is 5.04. The van der Waals surface area contributed by atoms with Gasteiger partial charge in [0.05, 0.1) is 12.5 Å². The highest BCUT2D eigenvalue weighted by Crippen LogP contribution is 2.19. The zero-order chi connectivity index (χ0) is 17.5. The molecule has 0 aromatic carbocycles. The zero-order valence-electron chi connectivity index (χ0n) is 14.8. The van der Waals surface area contributed by atoms with E-state index in [4.69, 9.17) is 9.26 Å². The van der Waals surface area contributed by atoms with Crippen LogP contribution in [0.1, 0.15) is 64.1 Å². The van der Waals surface area contributed by atoms with Gasteiger partial charge in [-0.25, -0.2) is 0 Å². The number of piperidine rings is 1. The van der Waals surface area contributed by atoms with Gasteiger partial charge in [0.2, 0.25) is 11.8 Å². The van der Waals surface area contributed by atoms with Crippen molar-refractivity contribution < 1.29 is 18.8 Å². The first-order valence-corrected chi connectivity index (χ1v) is 8.78. The molecule has 0 radical (unpaired) electrons. The molecule has 24 heavy (non-hydrogen) atoms. The summed E-state index contributed by atoms with van der Waals surface area (Å²) in [6.45, 7) is 7.38. The first kappa shape index (κ1) is 18.4. The quantitative estimate of drug-likeness (QED) is 0.710. The number of rotatable bonds is 7. The summed E-state index contributed by atoms with van der Waals surface area (Å²) < 4.78 is 10.2. The summed E-state index contributed by atoms with van der Waals surface area (Å²) in [6, 6.07) is 0. The molecule has 0 bridgehead atoms. The molecule has 134 valence electrons. The lowest BCUT2D eigenvalue weighted by Gasteiger charge is -2.31. The second kappa shape index (κ2) is 8.80. The number of nitrogens with zero attached hydrogens (tertiary/aromatic N) is 3. The van der Waals surface area contributed by atoms with Gasteiger partial charge in [0.25, 0.3) is 0 Å². The lowest BCUT2D eigenvalue weighted by Crippen LogP contribution is -2.42. The molecule has 2 rings (SSSR count). The molecule has 0 unspecified atom stereocenters. The van der Waals surface area contributed by atoms with E-state index in [-0.39, 0.29) is 23.7 Å². The number of carbonyl (C=O) groups is 2. The van der Waals surface area contributed by atoms with Crippen LogP contribution < -0.4 is 0 Å². The van der Waals surface area contributed by atoms with E-state index in [1.165, 1.54) is 0 Å². The molecule has 0 spiro atoms. The minimum atomic E-state index is -0.193. The largest absolute Gasteiger partial charge is 0.466 e. The second-order valence-corrected chi connectivity index (χ2v) is 6.49. The summed E-state index contributed by atoms with van der Waals surface area (Å²) in [5, 5.41) is 3.92. The van der Waals surface area contributed by atoms with Gasteiger partial charge in [0.15, 0.2) is 5.82 Å². The van der Waals surface area contributed by atoms with Gasteiger partial charge < -0.3 is 14.2 Å². The molecule has 2 heterocycles. The Morgan fingerprint density at radius 3 is 2.88 bits per heavy atom. The van der Waals surface area contributed by atoms with Crippen LogP contribution in [0.25, 0.3) is 0 Å². The van der Waals surface area contributed by atoms with E-state index < -0.39 is 0 Å². The summed E-state index contributed by atoms with van der Waals surface area (Å²) in [6.07, 6.45) is 3.33. The third-order valence-corrected chi connectivity index (χ3v) is 4.18. The third-order valence-electron chi connectivity index (χ3n) is 4.18. The molecular weight excluding hydrogens is 310 g/mol. The smallest absolute Gasteiger partial charge is 0.310 e. The molecule has 1 fully saturated rings. The first-order chi connectivity index (χ1) is 11.5. The highest BCUT2D eigenvalue weighted by molar-refractivity contribution is 5.78. The Labute approximate surface area is 142 Å². The zero-order valence-corrected chi connectivity index (χ0v) is 14.8. The Bertz CT molecular complexity index is 556. The monoisotopic (exact) mass is 337 g/mol. The van der Waals surface area contributed by atoms with E-state index in [1.807, 2.05) is 13.8 Å². The average Bonchev–Trinajstić information content (AvgIpc) is 3.04. The molecule has 1 aliphatic rings. The number of likely N-dealkylation sites (tertiary alicyclic amines) is 1. The average molecular weight is 337 g/mol. The van der Waals surface area contributed by atoms with Gasteiger partial charge in [-0.2, -0.15) is 4.98 Å². The van der Waals surface area contributed by atoms with E-state index in [2.05, 4.69) is 10.1 Å². The van der Waals surface area contributed by atoms with Gasteiger partial charge >= 0.3 is 5.97 Å². The normalized spacial score (nSPS) is 18.0. The summed E-state index contributed by atoms with van der Waals surface area (Å²) >= 11 is 0. The van der Waals surface area contributed by atoms with Crippen LogP contribution in [0.4, 0.5) is 0 Å². The van der Waals surface area contributed by atoms with Gasteiger partial charge in [-0.3, -0.25) is 9.59 Å². The number of amides is 1. The fraction of sp³-hybridized carbons (Fsp3) is 0.765. The van der Waals surface area contributed by atoms with Gasteiger partial charge in [-0.1, -0.05) is 19.0 Å². The predicted molar refractivity (Wildman–Crippen MR) is 87.3 cm³/mol. The van der Waals surface area contributed by atoms with E-state index in [1.54, 1.807) is 11.8 Å². The molecule has 1 amide bonds. The van der Waals surface area contributed by atoms with Crippen molar-refractivity contribution in [3.05, 3.63) is 11.7 Å². The lowest BCUT2D eigenvalue weighted by molar-refractivity contribution is -0.151. The first-order valence-electron chi connectivity index (χ1n) is 8.78. The van der Waals surface area contributed by atoms with Crippen LogP contribution in [0.5, 0.6) is 0 Å². The molecule has 0 N–H and O–H groups in total. The number of ether oxygens (including phenoxy) is 1. The predicted octanol–water partition coefficient (Wildman–Crippen LogP) is 2.32. The number of hydrogen-bond donors (Lipinski definition) is 0. The molecule has 0 saturated carbocycles. The van der Waals surface area contributed by atoms with E-state index >= 15 is 0 Å². The van der Waals surface area contributed by atoms with Gasteiger partial charge in [0, 0.05) is 31.8 Å². The number of esters is 1. The Hall–Kier alpha value is -1.92. The molecule has 7 nitrogen and oxygen atoms in total. The maximum atomic E-state index is 12.3. The van der Waals surface area contributed by atoms with Crippen LogP contribution >= 0.6 is 0 Å². The second-order valence-electron chi connectivity index (χ2n) is 6.49. The van der Waals surface area contributed by atoms with Crippen LogP contribution in [0, 0.1) is 5.92 Å². The minimum absolute atomic E-state index is 0.0765. The van der Waals surface area contributed by atoms with Crippen molar-refractivity contribution in [2.24, 2.45) is 5.92 Å². The van der Waals surface area contributed by atoms with Gasteiger partial charge in [-0.15, -0.1) is 0 Å². The topological polar surface area (TPSA) is 85.5 Å². The van der Waals surface area contributed by atoms with Gasteiger partial charge in [-0.05, 0) is 26.2 Å². The van der Waals surface area contributed by atoms with Crippen LogP contribution in [-0.2, 0) is 20.7 Å². The van der Waals surface area contributed by atoms with Gasteiger partial charge in [0.1, 0.15) is 0 Å². The minimum Gasteiger partial charge on any atom is -0.466 e. The van der Waals surface area contributed by atoms with Crippen LogP contribution in [-0.4, -0.2) is 46.6 Å². The van der Waals surface area contributed by atoms with Crippen molar-refractivity contribution in [1.29, 1.82) is 0 Å². The number of aromatic nitrogens is 2. The standard InChI is InChI=1S/C17H27N3O4/c1-4-23-17(22)13-7-6-10-20(11-13)15(21)9-5-8-14-18-16(12(2)3)19-24-14/h12-13H,4-11H2,1-3H3/t13-/m1/s1. The lowest BCUT2D eigenvalue weighted by atomic mass is 9.98. The molecular formula is C17H27N3O4. The summed E-state index contributed by atoms with van der Waals surface area (Å²) in [5.41, 5.74) is 0. The van der Waals surface area contributed by atoms with Crippen LogP contribution in [0.3, 0.4) is 0 Å². The SMILES string of the molecule is CCOC(=O)[C@@H]1CCCN(C(=O)CCCc2nc(C(C)C)no2)C1. The van der Waals surface area contributed by atoms with Crippen molar-refractivity contribution in [2.75, 3.05) is 19.7 Å². The number of hydrogen-bond acceptors (Lipinski definition) is 6. The maximum absolute atomic E-state index is 12.3. The fourth-order valence-electron chi connectivity index (χ4n) is 2.81. The summed E-state index contributed by atoms with van der Waals surface area (Å²) in [7, 11) is 0. The molecule has 7 heteroatoms. The van der Waals surface area contributed by atoms with E-state index in [0.717, 1.165) is 12.8 Å². The van der Waals surface area contributed by atoms with Crippen molar-refractivity contribution in [3.63, 3.8) is 0 Å². The van der Waals surface area contributed by atoms with Crippen molar-refractivity contribution in [3.8, 4) is 0 Å². The van der Waals surface area contributed by atoms with Crippen molar-refractivity contribution in [1.82, 2.24) is 15.0 Å². The Morgan fingerprint density at radius 2 is 2.21 bits per heavy atom. The Balaban J connectivity index is 1.76. The summed E-state index contributed by atoms with van der Waals surface area (Å²) in [4.78, 5) is 30.3. The van der Waals surface area contributed by atoms with Crippen molar-refractivity contribution >= 4 is 11.9 Å². The van der Waals surface area contributed by atoms with Crippen LogP contribution in [0.15, 0.2) is 4.52 Å².